The van der Waals surface area contributed by atoms with Crippen LogP contribution < -0.4 is 5.56 Å². The Labute approximate surface area is 177 Å². The molecule has 2 aromatic heterocycles. The molecule has 0 bridgehead atoms. The molecule has 0 fully saturated rings. The van der Waals surface area contributed by atoms with Gasteiger partial charge < -0.3 is 4.90 Å². The van der Waals surface area contributed by atoms with Crippen LogP contribution in [0.15, 0.2) is 47.3 Å². The lowest BCUT2D eigenvalue weighted by Crippen LogP contribution is -2.45. The van der Waals surface area contributed by atoms with Crippen LogP contribution in [0.5, 0.6) is 0 Å². The largest absolute Gasteiger partial charge is 0.336 e. The van der Waals surface area contributed by atoms with Gasteiger partial charge in [0.1, 0.15) is 6.54 Å². The van der Waals surface area contributed by atoms with Gasteiger partial charge in [-0.1, -0.05) is 30.3 Å². The van der Waals surface area contributed by atoms with E-state index in [0.717, 1.165) is 17.0 Å². The molecule has 3 rings (SSSR count). The summed E-state index contributed by atoms with van der Waals surface area (Å²) in [7, 11) is 0. The molecule has 158 valence electrons. The van der Waals surface area contributed by atoms with Crippen molar-refractivity contribution in [2.75, 3.05) is 0 Å². The van der Waals surface area contributed by atoms with Crippen LogP contribution in [0.1, 0.15) is 39.1 Å². The lowest BCUT2D eigenvalue weighted by atomic mass is 10.1. The molecule has 0 aliphatic carbocycles. The number of aromatic nitrogens is 4. The van der Waals surface area contributed by atoms with Crippen LogP contribution in [0.25, 0.3) is 17.2 Å². The van der Waals surface area contributed by atoms with E-state index in [1.807, 2.05) is 77.9 Å². The molecule has 2 heterocycles. The minimum absolute atomic E-state index is 0.0295. The van der Waals surface area contributed by atoms with Crippen molar-refractivity contribution in [3.8, 4) is 17.2 Å². The normalized spacial score (nSPS) is 11.3. The molecule has 1 amide bonds. The van der Waals surface area contributed by atoms with Gasteiger partial charge in [0.2, 0.25) is 11.9 Å². The molecule has 0 aliphatic heterocycles. The summed E-state index contributed by atoms with van der Waals surface area (Å²) in [4.78, 5) is 32.7. The summed E-state index contributed by atoms with van der Waals surface area (Å²) < 4.78 is 3.04. The zero-order valence-electron chi connectivity index (χ0n) is 18.5. The van der Waals surface area contributed by atoms with E-state index in [4.69, 9.17) is 4.98 Å². The summed E-state index contributed by atoms with van der Waals surface area (Å²) in [5.74, 6) is 0.215. The van der Waals surface area contributed by atoms with Crippen LogP contribution in [0.4, 0.5) is 0 Å². The summed E-state index contributed by atoms with van der Waals surface area (Å²) in [6, 6.07) is 13.0. The molecular weight excluding hydrogens is 378 g/mol. The number of benzene rings is 1. The number of amides is 1. The standard InChI is InChI=1S/C23H29N5O2/c1-15(2)27(16(3)4)22(30)14-26-21(29)13-20(19-10-8-7-9-11-19)24-23(26)28-18(6)12-17(5)25-28/h7-13,15-16H,14H2,1-6H3. The van der Waals surface area contributed by atoms with Gasteiger partial charge in [-0.25, -0.2) is 9.67 Å². The molecule has 0 radical (unpaired) electrons. The Morgan fingerprint density at radius 3 is 2.20 bits per heavy atom. The highest BCUT2D eigenvalue weighted by Gasteiger charge is 2.23. The SMILES string of the molecule is Cc1cc(C)n(-c2nc(-c3ccccc3)cc(=O)n2CC(=O)N(C(C)C)C(C)C)n1. The number of hydrogen-bond acceptors (Lipinski definition) is 4. The number of carbonyl (C=O) groups is 1. The van der Waals surface area contributed by atoms with Crippen LogP contribution in [-0.2, 0) is 11.3 Å². The zero-order valence-corrected chi connectivity index (χ0v) is 18.5. The van der Waals surface area contributed by atoms with Gasteiger partial charge in [0, 0.05) is 29.4 Å². The Hall–Kier alpha value is -3.22. The molecule has 7 nitrogen and oxygen atoms in total. The number of hydrogen-bond donors (Lipinski definition) is 0. The minimum atomic E-state index is -0.285. The molecule has 30 heavy (non-hydrogen) atoms. The lowest BCUT2D eigenvalue weighted by molar-refractivity contribution is -0.135. The molecule has 0 atom stereocenters. The summed E-state index contributed by atoms with van der Waals surface area (Å²) in [6.07, 6.45) is 0. The summed E-state index contributed by atoms with van der Waals surface area (Å²) in [5, 5.41) is 4.51. The average molecular weight is 408 g/mol. The predicted octanol–water partition coefficient (Wildman–Crippen LogP) is 3.36. The molecule has 0 N–H and O–H groups in total. The Balaban J connectivity index is 2.16. The predicted molar refractivity (Wildman–Crippen MR) is 118 cm³/mol. The van der Waals surface area contributed by atoms with E-state index in [2.05, 4.69) is 5.10 Å². The van der Waals surface area contributed by atoms with Crippen LogP contribution in [0.3, 0.4) is 0 Å². The molecule has 0 aliphatic rings. The van der Waals surface area contributed by atoms with Crippen LogP contribution >= 0.6 is 0 Å². The second-order valence-corrected chi connectivity index (χ2v) is 8.06. The van der Waals surface area contributed by atoms with Gasteiger partial charge in [0.05, 0.1) is 11.4 Å². The van der Waals surface area contributed by atoms with Gasteiger partial charge in [-0.15, -0.1) is 0 Å². The van der Waals surface area contributed by atoms with Crippen molar-refractivity contribution in [3.63, 3.8) is 0 Å². The maximum atomic E-state index is 13.1. The fourth-order valence-corrected chi connectivity index (χ4v) is 3.78. The first kappa shape index (κ1) is 21.5. The molecule has 0 saturated carbocycles. The third-order valence-corrected chi connectivity index (χ3v) is 4.95. The monoisotopic (exact) mass is 407 g/mol. The van der Waals surface area contributed by atoms with Crippen molar-refractivity contribution in [2.24, 2.45) is 0 Å². The van der Waals surface area contributed by atoms with Gasteiger partial charge in [-0.05, 0) is 47.6 Å². The molecule has 0 unspecified atom stereocenters. The third-order valence-electron chi connectivity index (χ3n) is 4.95. The molecule has 3 aromatic rings. The highest BCUT2D eigenvalue weighted by molar-refractivity contribution is 5.77. The van der Waals surface area contributed by atoms with Gasteiger partial charge in [-0.3, -0.25) is 14.2 Å². The number of aryl methyl sites for hydroxylation is 2. The van der Waals surface area contributed by atoms with Crippen molar-refractivity contribution in [3.05, 3.63) is 64.2 Å². The van der Waals surface area contributed by atoms with E-state index < -0.39 is 0 Å². The highest BCUT2D eigenvalue weighted by atomic mass is 16.2. The number of carbonyl (C=O) groups excluding carboxylic acids is 1. The van der Waals surface area contributed by atoms with Crippen molar-refractivity contribution in [1.82, 2.24) is 24.2 Å². The minimum Gasteiger partial charge on any atom is -0.336 e. The Morgan fingerprint density at radius 2 is 1.67 bits per heavy atom. The first-order valence-electron chi connectivity index (χ1n) is 10.2. The van der Waals surface area contributed by atoms with Crippen LogP contribution in [0.2, 0.25) is 0 Å². The quantitative estimate of drug-likeness (QED) is 0.628. The summed E-state index contributed by atoms with van der Waals surface area (Å²) in [5.41, 5.74) is 2.76. The van der Waals surface area contributed by atoms with E-state index in [1.165, 1.54) is 10.6 Å². The van der Waals surface area contributed by atoms with Gasteiger partial charge >= 0.3 is 0 Å². The number of nitrogens with zero attached hydrogens (tertiary/aromatic N) is 5. The van der Waals surface area contributed by atoms with Crippen LogP contribution in [0, 0.1) is 13.8 Å². The average Bonchev–Trinajstić information content (AvgIpc) is 3.01. The number of rotatable bonds is 6. The fraction of sp³-hybridized carbons (Fsp3) is 0.391. The van der Waals surface area contributed by atoms with Gasteiger partial charge in [0.25, 0.3) is 5.56 Å². The molecule has 1 aromatic carbocycles. The summed E-state index contributed by atoms with van der Waals surface area (Å²) in [6.45, 7) is 11.6. The second-order valence-electron chi connectivity index (χ2n) is 8.06. The van der Waals surface area contributed by atoms with Gasteiger partial charge in [0.15, 0.2) is 0 Å². The van der Waals surface area contributed by atoms with E-state index >= 15 is 0 Å². The van der Waals surface area contributed by atoms with E-state index in [0.29, 0.717) is 11.6 Å². The lowest BCUT2D eigenvalue weighted by Gasteiger charge is -2.31. The second kappa shape index (κ2) is 8.65. The van der Waals surface area contributed by atoms with Gasteiger partial charge in [-0.2, -0.15) is 5.10 Å². The first-order chi connectivity index (χ1) is 14.2. The first-order valence-corrected chi connectivity index (χ1v) is 10.2. The fourth-order valence-electron chi connectivity index (χ4n) is 3.78. The Bertz CT molecular complexity index is 1090. The van der Waals surface area contributed by atoms with E-state index in [1.54, 1.807) is 9.58 Å². The molecule has 0 saturated heterocycles. The Morgan fingerprint density at radius 1 is 1.03 bits per heavy atom. The topological polar surface area (TPSA) is 73.0 Å². The van der Waals surface area contributed by atoms with Crippen molar-refractivity contribution in [2.45, 2.75) is 60.2 Å². The Kier molecular flexibility index (Phi) is 6.20. The smallest absolute Gasteiger partial charge is 0.256 e. The van der Waals surface area contributed by atoms with Crippen LogP contribution in [-0.4, -0.2) is 42.2 Å². The van der Waals surface area contributed by atoms with E-state index in [-0.39, 0.29) is 30.1 Å². The zero-order chi connectivity index (χ0) is 22.0. The summed E-state index contributed by atoms with van der Waals surface area (Å²) >= 11 is 0. The maximum absolute atomic E-state index is 13.1. The van der Waals surface area contributed by atoms with Crippen molar-refractivity contribution in [1.29, 1.82) is 0 Å². The third kappa shape index (κ3) is 4.35. The highest BCUT2D eigenvalue weighted by Crippen LogP contribution is 2.18. The van der Waals surface area contributed by atoms with E-state index in [9.17, 15) is 9.59 Å². The molecular formula is C23H29N5O2. The molecule has 7 heteroatoms. The maximum Gasteiger partial charge on any atom is 0.256 e. The molecule has 0 spiro atoms. The van der Waals surface area contributed by atoms with Crippen molar-refractivity contribution >= 4 is 5.91 Å². The van der Waals surface area contributed by atoms with Crippen molar-refractivity contribution < 1.29 is 4.79 Å².